The second-order valence-corrected chi connectivity index (χ2v) is 14.8. The molecule has 0 saturated heterocycles. The molecule has 0 aliphatic heterocycles. The topological polar surface area (TPSA) is 9.86 Å². The predicted molar refractivity (Wildman–Crippen MR) is 224 cm³/mol. The second-order valence-electron chi connectivity index (χ2n) is 13.8. The molecule has 0 aliphatic carbocycles. The molecule has 0 saturated carbocycles. The number of thiophene rings is 1. The van der Waals surface area contributed by atoms with Crippen molar-refractivity contribution in [3.05, 3.63) is 176 Å². The number of para-hydroxylation sites is 1. The van der Waals surface area contributed by atoms with E-state index < -0.39 is 0 Å². The Kier molecular flexibility index (Phi) is 6.37. The Morgan fingerprint density at radius 2 is 0.846 bits per heavy atom. The second kappa shape index (κ2) is 11.3. The summed E-state index contributed by atoms with van der Waals surface area (Å²) in [7, 11) is 2.17. The Bertz CT molecular complexity index is 3180. The molecule has 0 unspecified atom stereocenters. The molecule has 3 heteroatoms. The highest BCUT2D eigenvalue weighted by atomic mass is 32.1. The summed E-state index contributed by atoms with van der Waals surface area (Å²) in [6.07, 6.45) is 0. The molecule has 11 aromatic rings. The molecule has 2 nitrogen and oxygen atoms in total. The molecule has 0 radical (unpaired) electrons. The number of fused-ring (bicyclic) bond motifs is 9. The van der Waals surface area contributed by atoms with E-state index >= 15 is 0 Å². The first-order valence-corrected chi connectivity index (χ1v) is 18.6. The highest BCUT2D eigenvalue weighted by Crippen LogP contribution is 2.44. The lowest BCUT2D eigenvalue weighted by Crippen LogP contribution is -1.93. The summed E-state index contributed by atoms with van der Waals surface area (Å²) in [5.41, 5.74) is 13.6. The van der Waals surface area contributed by atoms with Gasteiger partial charge in [-0.25, -0.2) is 0 Å². The average molecular weight is 681 g/mol. The molecule has 52 heavy (non-hydrogen) atoms. The van der Waals surface area contributed by atoms with Crippen LogP contribution in [0.5, 0.6) is 0 Å². The Hall–Kier alpha value is -6.42. The molecule has 8 aromatic carbocycles. The van der Waals surface area contributed by atoms with Crippen LogP contribution in [-0.2, 0) is 7.05 Å². The van der Waals surface area contributed by atoms with Crippen LogP contribution < -0.4 is 0 Å². The Morgan fingerprint density at radius 1 is 0.346 bits per heavy atom. The van der Waals surface area contributed by atoms with Crippen molar-refractivity contribution in [3.8, 4) is 39.1 Å². The molecule has 0 bridgehead atoms. The Balaban J connectivity index is 1.10. The number of aromatic nitrogens is 2. The van der Waals surface area contributed by atoms with Gasteiger partial charge in [-0.3, -0.25) is 0 Å². The SMILES string of the molecule is Cn1c2ccc(-c3ccccc3)cc2c2cc(-c3ccc4c(c3)c3ccccc3n4-c3cccc4c3sc3c(-c5ccccc5)cccc34)ccc21. The lowest BCUT2D eigenvalue weighted by atomic mass is 9.99. The van der Waals surface area contributed by atoms with Crippen molar-refractivity contribution in [2.45, 2.75) is 0 Å². The number of nitrogens with zero attached hydrogens (tertiary/aromatic N) is 2. The molecule has 0 amide bonds. The van der Waals surface area contributed by atoms with E-state index in [4.69, 9.17) is 0 Å². The van der Waals surface area contributed by atoms with E-state index in [2.05, 4.69) is 192 Å². The van der Waals surface area contributed by atoms with Gasteiger partial charge in [0.15, 0.2) is 0 Å². The largest absolute Gasteiger partial charge is 0.344 e. The first kappa shape index (κ1) is 29.3. The number of hydrogen-bond donors (Lipinski definition) is 0. The molecule has 3 aromatic heterocycles. The van der Waals surface area contributed by atoms with Gasteiger partial charge in [0.25, 0.3) is 0 Å². The zero-order chi connectivity index (χ0) is 34.3. The molecular formula is C49H32N2S. The van der Waals surface area contributed by atoms with Gasteiger partial charge >= 0.3 is 0 Å². The van der Waals surface area contributed by atoms with Crippen LogP contribution in [0.3, 0.4) is 0 Å². The molecular weight excluding hydrogens is 649 g/mol. The van der Waals surface area contributed by atoms with E-state index in [0.717, 1.165) is 0 Å². The van der Waals surface area contributed by atoms with Crippen molar-refractivity contribution in [1.29, 1.82) is 0 Å². The van der Waals surface area contributed by atoms with Gasteiger partial charge in [0.2, 0.25) is 0 Å². The third-order valence-electron chi connectivity index (χ3n) is 10.9. The fraction of sp³-hybridized carbons (Fsp3) is 0.0204. The van der Waals surface area contributed by atoms with Gasteiger partial charge < -0.3 is 9.13 Å². The van der Waals surface area contributed by atoms with Gasteiger partial charge in [0.05, 0.1) is 21.4 Å². The van der Waals surface area contributed by atoms with Crippen LogP contribution >= 0.6 is 11.3 Å². The van der Waals surface area contributed by atoms with E-state index in [1.165, 1.54) is 103 Å². The summed E-state index contributed by atoms with van der Waals surface area (Å²) in [5.74, 6) is 0. The minimum atomic E-state index is 1.22. The minimum Gasteiger partial charge on any atom is -0.344 e. The summed E-state index contributed by atoms with van der Waals surface area (Å²) < 4.78 is 7.44. The highest BCUT2D eigenvalue weighted by molar-refractivity contribution is 7.26. The molecule has 0 fully saturated rings. The predicted octanol–water partition coefficient (Wildman–Crippen LogP) is 13.8. The number of aryl methyl sites for hydroxylation is 1. The number of hydrogen-bond acceptors (Lipinski definition) is 1. The van der Waals surface area contributed by atoms with Crippen molar-refractivity contribution in [2.75, 3.05) is 0 Å². The quantitative estimate of drug-likeness (QED) is 0.175. The van der Waals surface area contributed by atoms with Crippen LogP contribution in [0, 0.1) is 0 Å². The van der Waals surface area contributed by atoms with E-state index in [-0.39, 0.29) is 0 Å². The molecule has 0 aliphatic rings. The van der Waals surface area contributed by atoms with Gasteiger partial charge in [-0.05, 0) is 81.9 Å². The summed E-state index contributed by atoms with van der Waals surface area (Å²) in [5, 5.41) is 7.70. The maximum absolute atomic E-state index is 2.48. The normalized spacial score (nSPS) is 11.9. The smallest absolute Gasteiger partial charge is 0.0640 e. The third-order valence-corrected chi connectivity index (χ3v) is 12.2. The van der Waals surface area contributed by atoms with Crippen LogP contribution in [-0.4, -0.2) is 9.13 Å². The van der Waals surface area contributed by atoms with E-state index in [1.807, 2.05) is 11.3 Å². The van der Waals surface area contributed by atoms with Crippen LogP contribution in [0.25, 0.3) is 103 Å². The first-order valence-electron chi connectivity index (χ1n) is 17.8. The monoisotopic (exact) mass is 680 g/mol. The van der Waals surface area contributed by atoms with Gasteiger partial charge in [-0.15, -0.1) is 11.3 Å². The summed E-state index contributed by atoms with van der Waals surface area (Å²) >= 11 is 1.91. The zero-order valence-electron chi connectivity index (χ0n) is 28.5. The van der Waals surface area contributed by atoms with Crippen molar-refractivity contribution in [2.24, 2.45) is 7.05 Å². The van der Waals surface area contributed by atoms with Gasteiger partial charge in [-0.2, -0.15) is 0 Å². The summed E-state index contributed by atoms with van der Waals surface area (Å²) in [6.45, 7) is 0. The number of benzene rings is 8. The fourth-order valence-electron chi connectivity index (χ4n) is 8.45. The van der Waals surface area contributed by atoms with E-state index in [9.17, 15) is 0 Å². The van der Waals surface area contributed by atoms with Gasteiger partial charge in [0, 0.05) is 55.1 Å². The Labute approximate surface area is 305 Å². The standard InChI is InChI=1S/C49H32N2S/c1-50-43-25-22-33(31-12-4-2-5-13-31)28-41(43)42-30-34(23-26-44(42)50)35-24-27-46-40(29-35)37-16-8-9-20-45(37)51(46)47-21-11-19-39-38-18-10-17-36(48(38)52-49(39)47)32-14-6-3-7-15-32/h2-30H,1H3. The first-order chi connectivity index (χ1) is 25.7. The summed E-state index contributed by atoms with van der Waals surface area (Å²) in [6, 6.07) is 64.6. The molecule has 11 rings (SSSR count). The zero-order valence-corrected chi connectivity index (χ0v) is 29.4. The summed E-state index contributed by atoms with van der Waals surface area (Å²) in [4.78, 5) is 0. The van der Waals surface area contributed by atoms with Crippen molar-refractivity contribution < 1.29 is 0 Å². The lowest BCUT2D eigenvalue weighted by Gasteiger charge is -2.10. The highest BCUT2D eigenvalue weighted by Gasteiger charge is 2.19. The maximum Gasteiger partial charge on any atom is 0.0640 e. The number of rotatable bonds is 4. The minimum absolute atomic E-state index is 1.22. The van der Waals surface area contributed by atoms with E-state index in [1.54, 1.807) is 0 Å². The molecule has 3 heterocycles. The van der Waals surface area contributed by atoms with Crippen LogP contribution in [0.1, 0.15) is 0 Å². The molecule has 0 spiro atoms. The molecule has 244 valence electrons. The third kappa shape index (κ3) is 4.30. The maximum atomic E-state index is 2.48. The van der Waals surface area contributed by atoms with Crippen LogP contribution in [0.4, 0.5) is 0 Å². The van der Waals surface area contributed by atoms with Crippen molar-refractivity contribution in [3.63, 3.8) is 0 Å². The van der Waals surface area contributed by atoms with Gasteiger partial charge in [0.1, 0.15) is 0 Å². The van der Waals surface area contributed by atoms with Crippen molar-refractivity contribution >= 4 is 75.1 Å². The van der Waals surface area contributed by atoms with E-state index in [0.29, 0.717) is 0 Å². The fourth-order valence-corrected chi connectivity index (χ4v) is 9.79. The van der Waals surface area contributed by atoms with Gasteiger partial charge in [-0.1, -0.05) is 127 Å². The molecule has 0 atom stereocenters. The Morgan fingerprint density at radius 3 is 1.54 bits per heavy atom. The van der Waals surface area contributed by atoms with Crippen LogP contribution in [0.15, 0.2) is 176 Å². The molecule has 0 N–H and O–H groups in total. The van der Waals surface area contributed by atoms with Crippen LogP contribution in [0.2, 0.25) is 0 Å². The average Bonchev–Trinajstić information content (AvgIpc) is 3.85. The lowest BCUT2D eigenvalue weighted by molar-refractivity contribution is 1.01. The van der Waals surface area contributed by atoms with Crippen molar-refractivity contribution in [1.82, 2.24) is 9.13 Å².